The highest BCUT2D eigenvalue weighted by Gasteiger charge is 2.27. The molecule has 102 valence electrons. The number of aryl methyl sites for hydroxylation is 1. The summed E-state index contributed by atoms with van der Waals surface area (Å²) < 4.78 is 0.991. The third-order valence-electron chi connectivity index (χ3n) is 3.84. The van der Waals surface area contributed by atoms with Gasteiger partial charge in [-0.3, -0.25) is 4.79 Å². The zero-order valence-electron chi connectivity index (χ0n) is 11.3. The van der Waals surface area contributed by atoms with Gasteiger partial charge in [-0.1, -0.05) is 65.1 Å². The van der Waals surface area contributed by atoms with Gasteiger partial charge in [-0.15, -0.1) is 0 Å². The van der Waals surface area contributed by atoms with Crippen LogP contribution in [0.25, 0.3) is 0 Å². The third kappa shape index (κ3) is 2.46. The number of hydrogen-bond donors (Lipinski definition) is 1. The number of hydrogen-bond acceptors (Lipinski definition) is 1. The van der Waals surface area contributed by atoms with Gasteiger partial charge in [0.25, 0.3) is 0 Å². The first-order valence-electron chi connectivity index (χ1n) is 6.73. The topological polar surface area (TPSA) is 29.1 Å². The molecule has 3 heteroatoms. The Labute approximate surface area is 132 Å². The molecule has 1 aliphatic rings. The Kier molecular flexibility index (Phi) is 3.78. The van der Waals surface area contributed by atoms with Crippen LogP contribution in [-0.2, 0) is 9.22 Å². The lowest BCUT2D eigenvalue weighted by molar-refractivity contribution is -0.116. The molecule has 0 fully saturated rings. The van der Waals surface area contributed by atoms with Crippen molar-refractivity contribution in [2.45, 2.75) is 23.7 Å². The standard InChI is InChI=1S/C17H16INO/c1-11-4-2-7-14-15(9-16(20)19-17(11)14)13-6-3-5-12(8-13)10-18/h2-8,15H,9-10H2,1H3,(H,19,20). The smallest absolute Gasteiger partial charge is 0.225 e. The van der Waals surface area contributed by atoms with Crippen molar-refractivity contribution in [2.75, 3.05) is 5.32 Å². The van der Waals surface area contributed by atoms with E-state index in [0.29, 0.717) is 6.42 Å². The molecule has 1 heterocycles. The van der Waals surface area contributed by atoms with E-state index in [0.717, 1.165) is 15.7 Å². The Morgan fingerprint density at radius 2 is 2.05 bits per heavy atom. The normalized spacial score (nSPS) is 17.5. The Balaban J connectivity index is 2.10. The number of halogens is 1. The van der Waals surface area contributed by atoms with Crippen molar-refractivity contribution in [3.63, 3.8) is 0 Å². The van der Waals surface area contributed by atoms with Gasteiger partial charge < -0.3 is 5.32 Å². The van der Waals surface area contributed by atoms with E-state index in [9.17, 15) is 4.79 Å². The highest BCUT2D eigenvalue weighted by Crippen LogP contribution is 2.38. The van der Waals surface area contributed by atoms with E-state index in [1.807, 2.05) is 13.0 Å². The summed E-state index contributed by atoms with van der Waals surface area (Å²) in [6, 6.07) is 14.8. The van der Waals surface area contributed by atoms with Crippen LogP contribution >= 0.6 is 22.6 Å². The molecule has 0 bridgehead atoms. The van der Waals surface area contributed by atoms with E-state index in [4.69, 9.17) is 0 Å². The number of fused-ring (bicyclic) bond motifs is 1. The summed E-state index contributed by atoms with van der Waals surface area (Å²) in [5.74, 6) is 0.276. The van der Waals surface area contributed by atoms with E-state index in [1.165, 1.54) is 16.7 Å². The second-order valence-electron chi connectivity index (χ2n) is 5.22. The number of carbonyl (C=O) groups is 1. The van der Waals surface area contributed by atoms with Gasteiger partial charge in [-0.05, 0) is 29.2 Å². The molecule has 0 saturated heterocycles. The van der Waals surface area contributed by atoms with Gasteiger partial charge in [0.05, 0.1) is 0 Å². The lowest BCUT2D eigenvalue weighted by Gasteiger charge is -2.27. The highest BCUT2D eigenvalue weighted by molar-refractivity contribution is 14.1. The minimum atomic E-state index is 0.108. The average Bonchev–Trinajstić information content (AvgIpc) is 2.47. The van der Waals surface area contributed by atoms with Gasteiger partial charge in [0.15, 0.2) is 0 Å². The molecule has 3 rings (SSSR count). The fourth-order valence-electron chi connectivity index (χ4n) is 2.83. The van der Waals surface area contributed by atoms with E-state index >= 15 is 0 Å². The van der Waals surface area contributed by atoms with Crippen molar-refractivity contribution >= 4 is 34.2 Å². The summed E-state index contributed by atoms with van der Waals surface area (Å²) in [5, 5.41) is 3.02. The van der Waals surface area contributed by atoms with E-state index in [1.54, 1.807) is 0 Å². The molecule has 1 aliphatic heterocycles. The molecule has 0 aliphatic carbocycles. The van der Waals surface area contributed by atoms with Crippen LogP contribution in [0.15, 0.2) is 42.5 Å². The quantitative estimate of drug-likeness (QED) is 0.610. The predicted octanol–water partition coefficient (Wildman–Crippen LogP) is 4.40. The molecular formula is C17H16INO. The number of nitrogens with one attached hydrogen (secondary N) is 1. The summed E-state index contributed by atoms with van der Waals surface area (Å²) in [4.78, 5) is 12.0. The van der Waals surface area contributed by atoms with Crippen molar-refractivity contribution < 1.29 is 4.79 Å². The number of rotatable bonds is 2. The van der Waals surface area contributed by atoms with Crippen molar-refractivity contribution in [3.05, 3.63) is 64.7 Å². The van der Waals surface area contributed by atoms with Crippen molar-refractivity contribution in [1.29, 1.82) is 0 Å². The minimum absolute atomic E-state index is 0.108. The molecule has 1 N–H and O–H groups in total. The van der Waals surface area contributed by atoms with Gasteiger partial charge in [0.2, 0.25) is 5.91 Å². The predicted molar refractivity (Wildman–Crippen MR) is 90.4 cm³/mol. The first-order valence-corrected chi connectivity index (χ1v) is 8.26. The number of alkyl halides is 1. The zero-order valence-corrected chi connectivity index (χ0v) is 13.5. The molecule has 0 aromatic heterocycles. The number of benzene rings is 2. The largest absolute Gasteiger partial charge is 0.326 e. The van der Waals surface area contributed by atoms with Crippen LogP contribution in [0.3, 0.4) is 0 Å². The molecule has 2 aromatic rings. The Hall–Kier alpha value is -1.36. The maximum absolute atomic E-state index is 12.0. The molecule has 1 amide bonds. The van der Waals surface area contributed by atoms with Crippen LogP contribution in [0.5, 0.6) is 0 Å². The van der Waals surface area contributed by atoms with Crippen LogP contribution in [0.1, 0.15) is 34.6 Å². The molecule has 2 aromatic carbocycles. The van der Waals surface area contributed by atoms with E-state index < -0.39 is 0 Å². The highest BCUT2D eigenvalue weighted by atomic mass is 127. The molecule has 0 saturated carbocycles. The monoisotopic (exact) mass is 377 g/mol. The molecule has 0 spiro atoms. The maximum atomic E-state index is 12.0. The van der Waals surface area contributed by atoms with Gasteiger partial charge in [-0.2, -0.15) is 0 Å². The summed E-state index contributed by atoms with van der Waals surface area (Å²) in [5.41, 5.74) is 5.90. The lowest BCUT2D eigenvalue weighted by atomic mass is 9.83. The minimum Gasteiger partial charge on any atom is -0.326 e. The first-order chi connectivity index (χ1) is 9.69. The summed E-state index contributed by atoms with van der Waals surface area (Å²) >= 11 is 2.37. The van der Waals surface area contributed by atoms with Crippen LogP contribution in [0.2, 0.25) is 0 Å². The summed E-state index contributed by atoms with van der Waals surface area (Å²) in [6.07, 6.45) is 0.529. The SMILES string of the molecule is Cc1cccc2c1NC(=O)CC2c1cccc(CI)c1. The molecule has 2 nitrogen and oxygen atoms in total. The van der Waals surface area contributed by atoms with Gasteiger partial charge in [0, 0.05) is 22.5 Å². The second kappa shape index (κ2) is 5.56. The lowest BCUT2D eigenvalue weighted by Crippen LogP contribution is -2.24. The van der Waals surface area contributed by atoms with Gasteiger partial charge in [0.1, 0.15) is 0 Å². The van der Waals surface area contributed by atoms with Crippen LogP contribution in [0.4, 0.5) is 5.69 Å². The molecule has 1 unspecified atom stereocenters. The van der Waals surface area contributed by atoms with Crippen LogP contribution in [-0.4, -0.2) is 5.91 Å². The number of anilines is 1. The average molecular weight is 377 g/mol. The van der Waals surface area contributed by atoms with Crippen molar-refractivity contribution in [1.82, 2.24) is 0 Å². The summed E-state index contributed by atoms with van der Waals surface area (Å²) in [6.45, 7) is 2.04. The Morgan fingerprint density at radius 3 is 2.85 bits per heavy atom. The Morgan fingerprint density at radius 1 is 1.25 bits per heavy atom. The second-order valence-corrected chi connectivity index (χ2v) is 5.99. The van der Waals surface area contributed by atoms with Crippen molar-refractivity contribution in [3.8, 4) is 0 Å². The number of amides is 1. The molecular weight excluding hydrogens is 361 g/mol. The maximum Gasteiger partial charge on any atom is 0.225 e. The number of para-hydroxylation sites is 1. The van der Waals surface area contributed by atoms with Crippen LogP contribution < -0.4 is 5.32 Å². The Bertz CT molecular complexity index is 666. The van der Waals surface area contributed by atoms with Crippen molar-refractivity contribution in [2.24, 2.45) is 0 Å². The number of carbonyl (C=O) groups excluding carboxylic acids is 1. The fraction of sp³-hybridized carbons (Fsp3) is 0.235. The molecule has 0 radical (unpaired) electrons. The zero-order chi connectivity index (χ0) is 14.1. The van der Waals surface area contributed by atoms with E-state index in [-0.39, 0.29) is 11.8 Å². The molecule has 1 atom stereocenters. The van der Waals surface area contributed by atoms with E-state index in [2.05, 4.69) is 64.3 Å². The van der Waals surface area contributed by atoms with Gasteiger partial charge in [-0.25, -0.2) is 0 Å². The fourth-order valence-corrected chi connectivity index (χ4v) is 3.30. The first kappa shape index (κ1) is 13.6. The van der Waals surface area contributed by atoms with Crippen LogP contribution in [0, 0.1) is 6.92 Å². The molecule has 20 heavy (non-hydrogen) atoms. The summed E-state index contributed by atoms with van der Waals surface area (Å²) in [7, 11) is 0. The van der Waals surface area contributed by atoms with Gasteiger partial charge >= 0.3 is 0 Å². The third-order valence-corrected chi connectivity index (χ3v) is 4.72.